The quantitative estimate of drug-likeness (QED) is 0.269. The largest absolute Gasteiger partial charge is 0.507 e. The Bertz CT molecular complexity index is 839. The maximum atomic E-state index is 11.8. The van der Waals surface area contributed by atoms with Crippen molar-refractivity contribution in [1.82, 2.24) is 5.43 Å². The van der Waals surface area contributed by atoms with Crippen molar-refractivity contribution >= 4 is 46.1 Å². The average molecular weight is 454 g/mol. The second-order valence-electron chi connectivity index (χ2n) is 5.11. The molecule has 2 aromatic rings. The van der Waals surface area contributed by atoms with Gasteiger partial charge in [-0.15, -0.1) is 0 Å². The summed E-state index contributed by atoms with van der Waals surface area (Å²) in [5.74, 6) is -0.560. The number of nitrogens with zero attached hydrogens (tertiary/aromatic N) is 2. The second kappa shape index (κ2) is 8.42. The van der Waals surface area contributed by atoms with E-state index in [1.807, 2.05) is 25.1 Å². The number of rotatable bonds is 6. The molecule has 0 aliphatic carbocycles. The summed E-state index contributed by atoms with van der Waals surface area (Å²) < 4.78 is 1.10. The molecule has 1 amide bonds. The van der Waals surface area contributed by atoms with Crippen LogP contribution in [0.25, 0.3) is 0 Å². The van der Waals surface area contributed by atoms with Crippen LogP contribution in [0.5, 0.6) is 5.75 Å². The first-order valence-electron chi connectivity index (χ1n) is 7.16. The van der Waals surface area contributed by atoms with Crippen LogP contribution in [0.3, 0.4) is 0 Å². The predicted octanol–water partition coefficient (Wildman–Crippen LogP) is 2.78. The minimum absolute atomic E-state index is 0.0136. The smallest absolute Gasteiger partial charge is 0.270 e. The topological polar surface area (TPSA) is 117 Å². The van der Waals surface area contributed by atoms with Gasteiger partial charge in [-0.25, -0.2) is 5.43 Å². The van der Waals surface area contributed by atoms with Gasteiger partial charge in [0.15, 0.2) is 0 Å². The van der Waals surface area contributed by atoms with Crippen LogP contribution in [0.15, 0.2) is 41.5 Å². The van der Waals surface area contributed by atoms with Crippen LogP contribution in [-0.4, -0.2) is 28.7 Å². The number of phenols is 1. The first-order valence-corrected chi connectivity index (χ1v) is 8.24. The maximum absolute atomic E-state index is 11.8. The molecule has 2 rings (SSSR count). The van der Waals surface area contributed by atoms with E-state index in [0.717, 1.165) is 27.1 Å². The van der Waals surface area contributed by atoms with Crippen molar-refractivity contribution in [1.29, 1.82) is 0 Å². The highest BCUT2D eigenvalue weighted by Gasteiger charge is 2.09. The third kappa shape index (κ3) is 5.41. The second-order valence-corrected chi connectivity index (χ2v) is 6.35. The zero-order chi connectivity index (χ0) is 18.4. The summed E-state index contributed by atoms with van der Waals surface area (Å²) in [6.45, 7) is 1.95. The van der Waals surface area contributed by atoms with Crippen molar-refractivity contribution in [2.45, 2.75) is 6.92 Å². The molecule has 0 saturated carbocycles. The highest BCUT2D eigenvalue weighted by molar-refractivity contribution is 14.1. The Kier molecular flexibility index (Phi) is 6.28. The van der Waals surface area contributed by atoms with Gasteiger partial charge in [-0.1, -0.05) is 0 Å². The zero-order valence-electron chi connectivity index (χ0n) is 13.2. The fraction of sp³-hybridized carbons (Fsp3) is 0.125. The van der Waals surface area contributed by atoms with Crippen LogP contribution < -0.4 is 10.7 Å². The number of hydrogen-bond acceptors (Lipinski definition) is 6. The highest BCUT2D eigenvalue weighted by Crippen LogP contribution is 2.21. The predicted molar refractivity (Wildman–Crippen MR) is 103 cm³/mol. The van der Waals surface area contributed by atoms with E-state index in [-0.39, 0.29) is 29.5 Å². The summed E-state index contributed by atoms with van der Waals surface area (Å²) in [5, 5.41) is 27.1. The summed E-state index contributed by atoms with van der Waals surface area (Å²) >= 11 is 2.21. The van der Waals surface area contributed by atoms with Crippen LogP contribution in [0, 0.1) is 20.6 Å². The van der Waals surface area contributed by atoms with E-state index in [1.54, 1.807) is 0 Å². The Morgan fingerprint density at radius 3 is 2.80 bits per heavy atom. The van der Waals surface area contributed by atoms with Crippen LogP contribution in [-0.2, 0) is 4.79 Å². The monoisotopic (exact) mass is 454 g/mol. The Morgan fingerprint density at radius 2 is 2.12 bits per heavy atom. The maximum Gasteiger partial charge on any atom is 0.270 e. The lowest BCUT2D eigenvalue weighted by molar-refractivity contribution is -0.384. The molecule has 25 heavy (non-hydrogen) atoms. The number of nitro benzene ring substituents is 1. The van der Waals surface area contributed by atoms with Crippen LogP contribution in [0.4, 0.5) is 11.4 Å². The fourth-order valence-electron chi connectivity index (χ4n) is 1.97. The molecule has 2 aromatic carbocycles. The van der Waals surface area contributed by atoms with E-state index in [9.17, 15) is 20.0 Å². The van der Waals surface area contributed by atoms with E-state index in [1.165, 1.54) is 12.1 Å². The molecular formula is C16H15IN4O4. The molecule has 3 N–H and O–H groups in total. The number of hydrogen-bond donors (Lipinski definition) is 3. The summed E-state index contributed by atoms with van der Waals surface area (Å²) in [4.78, 5) is 21.9. The normalized spacial score (nSPS) is 10.6. The number of aryl methyl sites for hydroxylation is 1. The molecule has 0 aliphatic heterocycles. The molecule has 8 nitrogen and oxygen atoms in total. The Hall–Kier alpha value is -2.69. The summed E-state index contributed by atoms with van der Waals surface area (Å²) in [6.07, 6.45) is 1.15. The van der Waals surface area contributed by atoms with E-state index >= 15 is 0 Å². The molecule has 0 atom stereocenters. The van der Waals surface area contributed by atoms with E-state index in [2.05, 4.69) is 38.4 Å². The molecule has 130 valence electrons. The van der Waals surface area contributed by atoms with Crippen LogP contribution in [0.1, 0.15) is 11.1 Å². The lowest BCUT2D eigenvalue weighted by Crippen LogP contribution is -2.26. The van der Waals surface area contributed by atoms with E-state index in [4.69, 9.17) is 0 Å². The number of halogens is 1. The Labute approximate surface area is 157 Å². The minimum atomic E-state index is -0.581. The van der Waals surface area contributed by atoms with Crippen molar-refractivity contribution in [3.8, 4) is 5.75 Å². The molecule has 0 aliphatic rings. The van der Waals surface area contributed by atoms with Gasteiger partial charge in [-0.2, -0.15) is 5.10 Å². The van der Waals surface area contributed by atoms with E-state index in [0.29, 0.717) is 0 Å². The molecule has 0 saturated heterocycles. The molecule has 0 bridgehead atoms. The first kappa shape index (κ1) is 18.6. The first-order chi connectivity index (χ1) is 11.9. The van der Waals surface area contributed by atoms with Gasteiger partial charge in [0.25, 0.3) is 11.6 Å². The molecule has 0 unspecified atom stereocenters. The number of carbonyl (C=O) groups is 1. The SMILES string of the molecule is Cc1cc(I)ccc1NCC(=O)N/N=C/c1cc([N+](=O)[O-])ccc1O. The third-order valence-electron chi connectivity index (χ3n) is 3.24. The molecular weight excluding hydrogens is 439 g/mol. The van der Waals surface area contributed by atoms with Crippen molar-refractivity contribution in [2.75, 3.05) is 11.9 Å². The zero-order valence-corrected chi connectivity index (χ0v) is 15.4. The number of non-ortho nitro benzene ring substituents is 1. The number of phenolic OH excluding ortho intramolecular Hbond substituents is 1. The molecule has 0 fully saturated rings. The Morgan fingerprint density at radius 1 is 1.36 bits per heavy atom. The van der Waals surface area contributed by atoms with Gasteiger partial charge >= 0.3 is 0 Å². The summed E-state index contributed by atoms with van der Waals surface area (Å²) in [7, 11) is 0. The van der Waals surface area contributed by atoms with Gasteiger partial charge in [-0.05, 0) is 59.3 Å². The van der Waals surface area contributed by atoms with Crippen molar-refractivity contribution in [2.24, 2.45) is 5.10 Å². The van der Waals surface area contributed by atoms with Crippen LogP contribution in [0.2, 0.25) is 0 Å². The van der Waals surface area contributed by atoms with Crippen molar-refractivity contribution in [3.63, 3.8) is 0 Å². The Balaban J connectivity index is 1.92. The van der Waals surface area contributed by atoms with Gasteiger partial charge in [0.1, 0.15) is 5.75 Å². The van der Waals surface area contributed by atoms with Crippen molar-refractivity contribution in [3.05, 3.63) is 61.2 Å². The van der Waals surface area contributed by atoms with Gasteiger partial charge in [0.05, 0.1) is 17.7 Å². The van der Waals surface area contributed by atoms with Gasteiger partial charge in [-0.3, -0.25) is 14.9 Å². The molecule has 9 heteroatoms. The standard InChI is InChI=1S/C16H15IN4O4/c1-10-6-12(17)2-4-14(10)18-9-16(23)20-19-8-11-7-13(21(24)25)3-5-15(11)22/h2-8,18,22H,9H2,1H3,(H,20,23)/b19-8+. The van der Waals surface area contributed by atoms with Crippen molar-refractivity contribution < 1.29 is 14.8 Å². The number of carbonyl (C=O) groups excluding carboxylic acids is 1. The number of benzene rings is 2. The van der Waals surface area contributed by atoms with Gasteiger partial charge in [0, 0.05) is 27.0 Å². The third-order valence-corrected chi connectivity index (χ3v) is 3.91. The summed E-state index contributed by atoms with van der Waals surface area (Å²) in [6, 6.07) is 9.34. The average Bonchev–Trinajstić information content (AvgIpc) is 2.55. The van der Waals surface area contributed by atoms with E-state index < -0.39 is 4.92 Å². The molecule has 0 spiro atoms. The highest BCUT2D eigenvalue weighted by atomic mass is 127. The lowest BCUT2D eigenvalue weighted by Gasteiger charge is -2.08. The fourth-order valence-corrected chi connectivity index (χ4v) is 2.62. The number of amides is 1. The number of nitro groups is 1. The molecule has 0 aromatic heterocycles. The van der Waals surface area contributed by atoms with Gasteiger partial charge < -0.3 is 10.4 Å². The number of hydrazone groups is 1. The minimum Gasteiger partial charge on any atom is -0.507 e. The number of aromatic hydroxyl groups is 1. The molecule has 0 radical (unpaired) electrons. The van der Waals surface area contributed by atoms with Gasteiger partial charge in [0.2, 0.25) is 0 Å². The number of anilines is 1. The lowest BCUT2D eigenvalue weighted by atomic mass is 10.2. The van der Waals surface area contributed by atoms with Crippen LogP contribution >= 0.6 is 22.6 Å². The molecule has 0 heterocycles. The number of nitrogens with one attached hydrogen (secondary N) is 2. The summed E-state index contributed by atoms with van der Waals surface area (Å²) in [5.41, 5.74) is 4.11.